The van der Waals surface area contributed by atoms with Crippen molar-refractivity contribution in [3.8, 4) is 23.0 Å². The van der Waals surface area contributed by atoms with Crippen LogP contribution in [-0.2, 0) is 20.2 Å². The summed E-state index contributed by atoms with van der Waals surface area (Å²) in [6.07, 6.45) is 0. The summed E-state index contributed by atoms with van der Waals surface area (Å²) >= 11 is 0. The first-order valence-corrected chi connectivity index (χ1v) is 10.8. The van der Waals surface area contributed by atoms with Crippen LogP contribution in [0.4, 0.5) is 0 Å². The molecule has 2 aromatic carbocycles. The Bertz CT molecular complexity index is 851. The van der Waals surface area contributed by atoms with E-state index in [1.165, 1.54) is 48.5 Å². The number of hydrogen-bond acceptors (Lipinski definition) is 10. The van der Waals surface area contributed by atoms with Gasteiger partial charge in [-0.1, -0.05) is 0 Å². The fourth-order valence-electron chi connectivity index (χ4n) is 1.61. The van der Waals surface area contributed by atoms with Crippen LogP contribution in [0, 0.1) is 0 Å². The van der Waals surface area contributed by atoms with E-state index in [1.807, 2.05) is 0 Å². The number of rotatable bonds is 8. The molecule has 0 saturated heterocycles. The van der Waals surface area contributed by atoms with Crippen molar-refractivity contribution in [2.45, 2.75) is 0 Å². The number of aromatic hydroxyl groups is 2. The van der Waals surface area contributed by atoms with Gasteiger partial charge in [-0.15, -0.1) is 0 Å². The summed E-state index contributed by atoms with van der Waals surface area (Å²) in [7, 11) is -8.45. The van der Waals surface area contributed by atoms with Gasteiger partial charge >= 0.3 is 59.1 Å². The van der Waals surface area contributed by atoms with E-state index < -0.39 is 31.7 Å². The SMILES string of the molecule is O=S(=O)([O-])CCOc1ccc(O)cc1.O=S(=O)([O-])CCOc1ccc(O)cc1.[Na+].[Na+]. The summed E-state index contributed by atoms with van der Waals surface area (Å²) in [6, 6.07) is 11.5. The maximum atomic E-state index is 10.2. The zero-order valence-corrected chi connectivity index (χ0v) is 22.1. The molecule has 2 N–H and O–H groups in total. The molecule has 0 unspecified atom stereocenters. The van der Waals surface area contributed by atoms with Crippen molar-refractivity contribution < 1.29 is 105 Å². The molecule has 0 aliphatic heterocycles. The largest absolute Gasteiger partial charge is 1.00 e. The molecule has 156 valence electrons. The normalized spacial score (nSPS) is 10.5. The summed E-state index contributed by atoms with van der Waals surface area (Å²) in [5.41, 5.74) is 0. The number of benzene rings is 2. The van der Waals surface area contributed by atoms with E-state index in [1.54, 1.807) is 0 Å². The molecule has 0 atom stereocenters. The number of ether oxygens (including phenoxy) is 2. The molecule has 2 rings (SSSR count). The smallest absolute Gasteiger partial charge is 0.748 e. The van der Waals surface area contributed by atoms with E-state index in [0.29, 0.717) is 11.5 Å². The van der Waals surface area contributed by atoms with E-state index in [4.69, 9.17) is 19.7 Å². The van der Waals surface area contributed by atoms with Crippen LogP contribution in [0.25, 0.3) is 0 Å². The standard InChI is InChI=1S/2C8H10O5S.2Na/c2*9-7-1-3-8(4-2-7)13-5-6-14(10,11)12;;/h2*1-4,9H,5-6H2,(H,10,11,12);;/q;;2*+1/p-2. The second-order valence-electron chi connectivity index (χ2n) is 5.21. The van der Waals surface area contributed by atoms with Gasteiger partial charge in [-0.05, 0) is 48.5 Å². The van der Waals surface area contributed by atoms with Crippen molar-refractivity contribution >= 4 is 20.2 Å². The molecule has 0 bridgehead atoms. The Morgan fingerprint density at radius 1 is 0.633 bits per heavy atom. The Morgan fingerprint density at radius 2 is 0.900 bits per heavy atom. The Labute approximate surface area is 219 Å². The zero-order valence-electron chi connectivity index (χ0n) is 16.4. The maximum Gasteiger partial charge on any atom is 1.00 e. The first kappa shape index (κ1) is 31.6. The molecule has 0 heterocycles. The second-order valence-corrected chi connectivity index (χ2v) is 8.26. The van der Waals surface area contributed by atoms with Crippen LogP contribution in [0.3, 0.4) is 0 Å². The van der Waals surface area contributed by atoms with Gasteiger partial charge < -0.3 is 28.8 Å². The van der Waals surface area contributed by atoms with Crippen molar-refractivity contribution in [1.82, 2.24) is 0 Å². The van der Waals surface area contributed by atoms with Gasteiger partial charge in [-0.3, -0.25) is 0 Å². The molecule has 0 aliphatic rings. The fourth-order valence-corrected chi connectivity index (χ4v) is 2.18. The van der Waals surface area contributed by atoms with E-state index in [2.05, 4.69) is 0 Å². The zero-order chi connectivity index (χ0) is 21.2. The molecule has 0 fully saturated rings. The Balaban J connectivity index is 0. The van der Waals surface area contributed by atoms with Crippen molar-refractivity contribution in [1.29, 1.82) is 0 Å². The maximum absolute atomic E-state index is 10.2. The van der Waals surface area contributed by atoms with Gasteiger partial charge in [-0.25, -0.2) is 16.8 Å². The molecule has 30 heavy (non-hydrogen) atoms. The molecule has 0 saturated carbocycles. The third-order valence-electron chi connectivity index (χ3n) is 2.88. The third-order valence-corrected chi connectivity index (χ3v) is 4.21. The van der Waals surface area contributed by atoms with Gasteiger partial charge in [-0.2, -0.15) is 0 Å². The van der Waals surface area contributed by atoms with Crippen LogP contribution in [0.5, 0.6) is 23.0 Å². The number of hydrogen-bond donors (Lipinski definition) is 2. The molecular formula is C16H18Na2O10S2. The van der Waals surface area contributed by atoms with Gasteiger partial charge in [0.1, 0.15) is 36.2 Å². The summed E-state index contributed by atoms with van der Waals surface area (Å²) in [4.78, 5) is 0. The predicted octanol–water partition coefficient (Wildman–Crippen LogP) is -5.36. The minimum atomic E-state index is -4.23. The topological polar surface area (TPSA) is 173 Å². The molecule has 14 heteroatoms. The quantitative estimate of drug-likeness (QED) is 0.274. The van der Waals surface area contributed by atoms with Gasteiger partial charge in [0.15, 0.2) is 0 Å². The van der Waals surface area contributed by atoms with Gasteiger partial charge in [0, 0.05) is 0 Å². The van der Waals surface area contributed by atoms with Crippen molar-refractivity contribution in [3.05, 3.63) is 48.5 Å². The van der Waals surface area contributed by atoms with E-state index >= 15 is 0 Å². The van der Waals surface area contributed by atoms with Gasteiger partial charge in [0.2, 0.25) is 0 Å². The Kier molecular flexibility index (Phi) is 16.1. The Morgan fingerprint density at radius 3 is 1.13 bits per heavy atom. The van der Waals surface area contributed by atoms with Crippen LogP contribution in [0.15, 0.2) is 48.5 Å². The van der Waals surface area contributed by atoms with Gasteiger partial charge in [0.25, 0.3) is 0 Å². The number of phenols is 2. The first-order valence-electron chi connectivity index (χ1n) is 7.65. The predicted molar refractivity (Wildman–Crippen MR) is 96.3 cm³/mol. The summed E-state index contributed by atoms with van der Waals surface area (Å²) in [6.45, 7) is -0.368. The molecule has 0 aliphatic carbocycles. The summed E-state index contributed by atoms with van der Waals surface area (Å²) in [5.74, 6) is -0.123. The molecule has 10 nitrogen and oxygen atoms in total. The molecule has 0 amide bonds. The van der Waals surface area contributed by atoms with E-state index in [-0.39, 0.29) is 83.8 Å². The minimum absolute atomic E-state index is 0. The van der Waals surface area contributed by atoms with Gasteiger partial charge in [0.05, 0.1) is 31.7 Å². The average Bonchev–Trinajstić information content (AvgIpc) is 2.57. The van der Waals surface area contributed by atoms with Crippen LogP contribution >= 0.6 is 0 Å². The minimum Gasteiger partial charge on any atom is -0.748 e. The molecule has 2 aromatic rings. The summed E-state index contributed by atoms with van der Waals surface area (Å²) < 4.78 is 71.1. The van der Waals surface area contributed by atoms with Crippen LogP contribution < -0.4 is 68.6 Å². The van der Waals surface area contributed by atoms with Crippen LogP contribution in [0.2, 0.25) is 0 Å². The fraction of sp³-hybridized carbons (Fsp3) is 0.250. The van der Waals surface area contributed by atoms with Crippen molar-refractivity contribution in [2.75, 3.05) is 24.7 Å². The number of phenolic OH excluding ortho intramolecular Hbond substituents is 2. The summed E-state index contributed by atoms with van der Waals surface area (Å²) in [5, 5.41) is 17.8. The Hall–Kier alpha value is -0.540. The molecular weight excluding hydrogens is 462 g/mol. The van der Waals surface area contributed by atoms with Crippen molar-refractivity contribution in [3.63, 3.8) is 0 Å². The van der Waals surface area contributed by atoms with Crippen LogP contribution in [-0.4, -0.2) is 60.9 Å². The monoisotopic (exact) mass is 480 g/mol. The third kappa shape index (κ3) is 17.2. The molecule has 0 spiro atoms. The first-order chi connectivity index (χ1) is 12.9. The van der Waals surface area contributed by atoms with E-state index in [0.717, 1.165) is 0 Å². The van der Waals surface area contributed by atoms with Crippen molar-refractivity contribution in [2.24, 2.45) is 0 Å². The van der Waals surface area contributed by atoms with E-state index in [9.17, 15) is 25.9 Å². The second kappa shape index (κ2) is 15.3. The molecule has 0 aromatic heterocycles. The average molecular weight is 480 g/mol. The molecule has 0 radical (unpaired) electrons. The van der Waals surface area contributed by atoms with Crippen LogP contribution in [0.1, 0.15) is 0 Å².